The maximum Gasteiger partial charge on any atom is 0.273 e. The van der Waals surface area contributed by atoms with Crippen molar-refractivity contribution in [2.45, 2.75) is 17.7 Å². The zero-order chi connectivity index (χ0) is 13.5. The van der Waals surface area contributed by atoms with Gasteiger partial charge in [0.25, 0.3) is 5.69 Å². The molecule has 0 bridgehead atoms. The Morgan fingerprint density at radius 3 is 2.67 bits per heavy atom. The van der Waals surface area contributed by atoms with E-state index in [1.165, 1.54) is 13.2 Å². The van der Waals surface area contributed by atoms with Gasteiger partial charge in [-0.3, -0.25) is 10.1 Å². The zero-order valence-electron chi connectivity index (χ0n) is 10.4. The first-order valence-electron chi connectivity index (χ1n) is 5.52. The second-order valence-electron chi connectivity index (χ2n) is 3.89. The minimum Gasteiger partial charge on any atom is -0.496 e. The molecule has 18 heavy (non-hydrogen) atoms. The number of aryl methyl sites for hydroxylation is 1. The van der Waals surface area contributed by atoms with Crippen molar-refractivity contribution in [3.05, 3.63) is 33.9 Å². The fourth-order valence-corrected chi connectivity index (χ4v) is 2.09. The van der Waals surface area contributed by atoms with Crippen molar-refractivity contribution in [1.29, 1.82) is 0 Å². The SMILES string of the molecule is COCC(Br)CCc1cc(OC)cc([N+](=O)[O-])c1. The van der Waals surface area contributed by atoms with Crippen LogP contribution in [0.25, 0.3) is 0 Å². The van der Waals surface area contributed by atoms with E-state index in [4.69, 9.17) is 9.47 Å². The average Bonchev–Trinajstić information content (AvgIpc) is 2.36. The van der Waals surface area contributed by atoms with Crippen LogP contribution in [0.2, 0.25) is 0 Å². The molecule has 0 N–H and O–H groups in total. The molecule has 1 unspecified atom stereocenters. The third-order valence-electron chi connectivity index (χ3n) is 2.49. The van der Waals surface area contributed by atoms with E-state index >= 15 is 0 Å². The summed E-state index contributed by atoms with van der Waals surface area (Å²) < 4.78 is 10.1. The summed E-state index contributed by atoms with van der Waals surface area (Å²) in [4.78, 5) is 10.6. The summed E-state index contributed by atoms with van der Waals surface area (Å²) in [5.41, 5.74) is 0.948. The maximum absolute atomic E-state index is 10.8. The average molecular weight is 318 g/mol. The molecule has 5 nitrogen and oxygen atoms in total. The highest BCUT2D eigenvalue weighted by Crippen LogP contribution is 2.24. The molecule has 0 radical (unpaired) electrons. The van der Waals surface area contributed by atoms with Gasteiger partial charge in [-0.1, -0.05) is 15.9 Å². The highest BCUT2D eigenvalue weighted by atomic mass is 79.9. The van der Waals surface area contributed by atoms with E-state index in [9.17, 15) is 10.1 Å². The molecule has 0 fully saturated rings. The summed E-state index contributed by atoms with van der Waals surface area (Å²) in [6, 6.07) is 4.82. The molecule has 1 aromatic carbocycles. The lowest BCUT2D eigenvalue weighted by molar-refractivity contribution is -0.385. The first kappa shape index (κ1) is 14.9. The molecule has 1 rings (SSSR count). The van der Waals surface area contributed by atoms with E-state index in [0.717, 1.165) is 18.4 Å². The van der Waals surface area contributed by atoms with Gasteiger partial charge in [0.05, 0.1) is 24.7 Å². The van der Waals surface area contributed by atoms with E-state index in [1.54, 1.807) is 13.2 Å². The van der Waals surface area contributed by atoms with Gasteiger partial charge >= 0.3 is 0 Å². The smallest absolute Gasteiger partial charge is 0.273 e. The molecule has 0 aliphatic carbocycles. The number of hydrogen-bond donors (Lipinski definition) is 0. The minimum absolute atomic E-state index is 0.0576. The van der Waals surface area contributed by atoms with Crippen molar-refractivity contribution >= 4 is 21.6 Å². The Kier molecular flexibility index (Phi) is 6.07. The predicted octanol–water partition coefficient (Wildman–Crippen LogP) is 2.95. The number of benzene rings is 1. The van der Waals surface area contributed by atoms with Gasteiger partial charge < -0.3 is 9.47 Å². The van der Waals surface area contributed by atoms with Crippen molar-refractivity contribution < 1.29 is 14.4 Å². The number of hydrogen-bond acceptors (Lipinski definition) is 4. The molecule has 0 saturated carbocycles. The number of nitro benzene ring substituents is 1. The van der Waals surface area contributed by atoms with E-state index in [0.29, 0.717) is 12.4 Å². The van der Waals surface area contributed by atoms with Gasteiger partial charge in [0.1, 0.15) is 5.75 Å². The fourth-order valence-electron chi connectivity index (χ4n) is 1.60. The second-order valence-corrected chi connectivity index (χ2v) is 5.18. The number of alkyl halides is 1. The number of nitro groups is 1. The van der Waals surface area contributed by atoms with Crippen LogP contribution in [-0.4, -0.2) is 30.6 Å². The Labute approximate surface area is 114 Å². The van der Waals surface area contributed by atoms with Crippen LogP contribution in [0.5, 0.6) is 5.75 Å². The molecular weight excluding hydrogens is 302 g/mol. The van der Waals surface area contributed by atoms with Gasteiger partial charge in [-0.05, 0) is 24.5 Å². The Balaban J connectivity index is 2.75. The molecule has 0 heterocycles. The highest BCUT2D eigenvalue weighted by molar-refractivity contribution is 9.09. The number of non-ortho nitro benzene ring substituents is 1. The van der Waals surface area contributed by atoms with Gasteiger partial charge in [0.15, 0.2) is 0 Å². The normalized spacial score (nSPS) is 12.2. The van der Waals surface area contributed by atoms with E-state index < -0.39 is 4.92 Å². The monoisotopic (exact) mass is 317 g/mol. The van der Waals surface area contributed by atoms with Gasteiger partial charge in [-0.25, -0.2) is 0 Å². The summed E-state index contributed by atoms with van der Waals surface area (Å²) in [7, 11) is 3.14. The van der Waals surface area contributed by atoms with Crippen LogP contribution in [0.1, 0.15) is 12.0 Å². The number of rotatable bonds is 7. The number of nitrogens with zero attached hydrogens (tertiary/aromatic N) is 1. The summed E-state index contributed by atoms with van der Waals surface area (Å²) in [5, 5.41) is 10.8. The molecular formula is C12H16BrNO4. The van der Waals surface area contributed by atoms with Gasteiger partial charge in [-0.2, -0.15) is 0 Å². The first-order valence-corrected chi connectivity index (χ1v) is 6.43. The van der Waals surface area contributed by atoms with E-state index in [-0.39, 0.29) is 10.5 Å². The van der Waals surface area contributed by atoms with Crippen molar-refractivity contribution in [3.8, 4) is 5.75 Å². The van der Waals surface area contributed by atoms with Crippen molar-refractivity contribution in [3.63, 3.8) is 0 Å². The van der Waals surface area contributed by atoms with Crippen molar-refractivity contribution in [1.82, 2.24) is 0 Å². The standard InChI is InChI=1S/C12H16BrNO4/c1-17-8-10(13)4-3-9-5-11(14(15)16)7-12(6-9)18-2/h5-7,10H,3-4,8H2,1-2H3. The van der Waals surface area contributed by atoms with Crippen LogP contribution in [0.4, 0.5) is 5.69 Å². The quantitative estimate of drug-likeness (QED) is 0.440. The Morgan fingerprint density at radius 1 is 1.39 bits per heavy atom. The largest absolute Gasteiger partial charge is 0.496 e. The van der Waals surface area contributed by atoms with Gasteiger partial charge in [-0.15, -0.1) is 0 Å². The van der Waals surface area contributed by atoms with E-state index in [2.05, 4.69) is 15.9 Å². The summed E-state index contributed by atoms with van der Waals surface area (Å²) in [6.07, 6.45) is 1.58. The molecule has 1 aromatic rings. The first-order chi connectivity index (χ1) is 8.56. The van der Waals surface area contributed by atoms with Crippen molar-refractivity contribution in [2.24, 2.45) is 0 Å². The summed E-state index contributed by atoms with van der Waals surface area (Å²) in [5.74, 6) is 0.511. The second kappa shape index (κ2) is 7.33. The van der Waals surface area contributed by atoms with Gasteiger partial charge in [0, 0.05) is 18.0 Å². The molecule has 0 saturated heterocycles. The molecule has 100 valence electrons. The third-order valence-corrected chi connectivity index (χ3v) is 3.21. The fraction of sp³-hybridized carbons (Fsp3) is 0.500. The Hall–Kier alpha value is -1.14. The molecule has 0 aliphatic rings. The summed E-state index contributed by atoms with van der Waals surface area (Å²) >= 11 is 3.49. The zero-order valence-corrected chi connectivity index (χ0v) is 12.0. The van der Waals surface area contributed by atoms with Gasteiger partial charge in [0.2, 0.25) is 0 Å². The lowest BCUT2D eigenvalue weighted by atomic mass is 10.1. The highest BCUT2D eigenvalue weighted by Gasteiger charge is 2.11. The van der Waals surface area contributed by atoms with Crippen LogP contribution in [0, 0.1) is 10.1 Å². The maximum atomic E-state index is 10.8. The predicted molar refractivity (Wildman–Crippen MR) is 72.6 cm³/mol. The Morgan fingerprint density at radius 2 is 2.11 bits per heavy atom. The molecule has 1 atom stereocenters. The lowest BCUT2D eigenvalue weighted by Crippen LogP contribution is -2.07. The van der Waals surface area contributed by atoms with Crippen LogP contribution in [0.3, 0.4) is 0 Å². The Bertz CT molecular complexity index is 411. The molecule has 0 aromatic heterocycles. The number of halogens is 1. The molecule has 6 heteroatoms. The molecule has 0 spiro atoms. The van der Waals surface area contributed by atoms with E-state index in [1.807, 2.05) is 6.07 Å². The molecule has 0 amide bonds. The minimum atomic E-state index is -0.410. The van der Waals surface area contributed by atoms with Crippen LogP contribution < -0.4 is 4.74 Å². The van der Waals surface area contributed by atoms with Crippen LogP contribution in [0.15, 0.2) is 18.2 Å². The van der Waals surface area contributed by atoms with Crippen molar-refractivity contribution in [2.75, 3.05) is 20.8 Å². The molecule has 0 aliphatic heterocycles. The number of ether oxygens (including phenoxy) is 2. The van der Waals surface area contributed by atoms with Crippen LogP contribution >= 0.6 is 15.9 Å². The third kappa shape index (κ3) is 4.62. The summed E-state index contributed by atoms with van der Waals surface area (Å²) in [6.45, 7) is 0.617. The topological polar surface area (TPSA) is 61.6 Å². The lowest BCUT2D eigenvalue weighted by Gasteiger charge is -2.09. The number of methoxy groups -OCH3 is 2. The van der Waals surface area contributed by atoms with Crippen LogP contribution in [-0.2, 0) is 11.2 Å².